The molecule has 5 heteroatoms. The smallest absolute Gasteiger partial charge is 0.354 e. The van der Waals surface area contributed by atoms with Gasteiger partial charge in [-0.15, -0.1) is 0 Å². The minimum absolute atomic E-state index is 0.0818. The lowest BCUT2D eigenvalue weighted by molar-refractivity contribution is -0.129. The molecule has 0 heterocycles. The highest BCUT2D eigenvalue weighted by atomic mass is 16.6. The Kier molecular flexibility index (Phi) is 4.93. The van der Waals surface area contributed by atoms with Gasteiger partial charge in [0.05, 0.1) is 0 Å². The standard InChI is InChI=1S/C16H15NO4/c1-20-17-14(16(18)19)11-12-7-5-6-10-15(12)21-13-8-3-2-4-9-13/h2-10H,11H2,1H3,(H,18,19). The van der Waals surface area contributed by atoms with Crippen LogP contribution in [0.2, 0.25) is 0 Å². The zero-order chi connectivity index (χ0) is 15.1. The van der Waals surface area contributed by atoms with Crippen molar-refractivity contribution in [3.05, 3.63) is 60.2 Å². The average molecular weight is 285 g/mol. The minimum atomic E-state index is -1.12. The molecule has 5 nitrogen and oxygen atoms in total. The molecule has 0 aromatic heterocycles. The summed E-state index contributed by atoms with van der Waals surface area (Å²) >= 11 is 0. The second kappa shape index (κ2) is 7.09. The largest absolute Gasteiger partial charge is 0.477 e. The van der Waals surface area contributed by atoms with Crippen molar-refractivity contribution in [2.45, 2.75) is 6.42 Å². The van der Waals surface area contributed by atoms with Crippen LogP contribution in [0.4, 0.5) is 0 Å². The van der Waals surface area contributed by atoms with Crippen molar-refractivity contribution >= 4 is 11.7 Å². The van der Waals surface area contributed by atoms with Crippen LogP contribution in [0, 0.1) is 0 Å². The van der Waals surface area contributed by atoms with Gasteiger partial charge in [-0.25, -0.2) is 4.79 Å². The first-order valence-electron chi connectivity index (χ1n) is 6.35. The number of carboxylic acid groups (broad SMARTS) is 1. The van der Waals surface area contributed by atoms with E-state index in [9.17, 15) is 4.79 Å². The third-order valence-corrected chi connectivity index (χ3v) is 2.75. The molecular formula is C16H15NO4. The number of ether oxygens (including phenoxy) is 1. The first kappa shape index (κ1) is 14.6. The van der Waals surface area contributed by atoms with Crippen molar-refractivity contribution in [3.8, 4) is 11.5 Å². The van der Waals surface area contributed by atoms with Gasteiger partial charge in [0.15, 0.2) is 5.71 Å². The summed E-state index contributed by atoms with van der Waals surface area (Å²) < 4.78 is 5.78. The highest BCUT2D eigenvalue weighted by molar-refractivity contribution is 6.36. The summed E-state index contributed by atoms with van der Waals surface area (Å²) in [5.41, 5.74) is 0.640. The second-order valence-electron chi connectivity index (χ2n) is 4.23. The third-order valence-electron chi connectivity index (χ3n) is 2.75. The molecule has 0 saturated carbocycles. The van der Waals surface area contributed by atoms with Crippen LogP contribution < -0.4 is 4.74 Å². The first-order valence-corrected chi connectivity index (χ1v) is 6.35. The van der Waals surface area contributed by atoms with Gasteiger partial charge in [0, 0.05) is 12.0 Å². The van der Waals surface area contributed by atoms with Crippen LogP contribution in [0.1, 0.15) is 5.56 Å². The normalized spacial score (nSPS) is 11.0. The van der Waals surface area contributed by atoms with Gasteiger partial charge in [0.2, 0.25) is 0 Å². The number of rotatable bonds is 6. The number of carboxylic acids is 1. The maximum atomic E-state index is 11.1. The van der Waals surface area contributed by atoms with Gasteiger partial charge in [-0.2, -0.15) is 0 Å². The van der Waals surface area contributed by atoms with Crippen molar-refractivity contribution in [1.82, 2.24) is 0 Å². The van der Waals surface area contributed by atoms with Gasteiger partial charge in [0.25, 0.3) is 0 Å². The van der Waals surface area contributed by atoms with E-state index in [1.165, 1.54) is 7.11 Å². The number of benzene rings is 2. The SMILES string of the molecule is CON=C(Cc1ccccc1Oc1ccccc1)C(=O)O. The van der Waals surface area contributed by atoms with Crippen molar-refractivity contribution < 1.29 is 19.5 Å². The number of oxime groups is 1. The molecule has 0 amide bonds. The van der Waals surface area contributed by atoms with E-state index in [1.54, 1.807) is 12.1 Å². The molecule has 2 rings (SSSR count). The molecule has 21 heavy (non-hydrogen) atoms. The van der Waals surface area contributed by atoms with Crippen molar-refractivity contribution in [2.75, 3.05) is 7.11 Å². The predicted octanol–water partition coefficient (Wildman–Crippen LogP) is 3.11. The van der Waals surface area contributed by atoms with Gasteiger partial charge in [-0.3, -0.25) is 0 Å². The molecule has 0 unspecified atom stereocenters. The van der Waals surface area contributed by atoms with Crippen molar-refractivity contribution in [1.29, 1.82) is 0 Å². The molecule has 2 aromatic rings. The summed E-state index contributed by atoms with van der Waals surface area (Å²) in [4.78, 5) is 15.7. The summed E-state index contributed by atoms with van der Waals surface area (Å²) in [6, 6.07) is 16.5. The van der Waals surface area contributed by atoms with Gasteiger partial charge >= 0.3 is 5.97 Å². The summed E-state index contributed by atoms with van der Waals surface area (Å²) in [7, 11) is 1.31. The Morgan fingerprint density at radius 3 is 2.43 bits per heavy atom. The van der Waals surface area contributed by atoms with Crippen LogP contribution in [0.5, 0.6) is 11.5 Å². The molecule has 0 saturated heterocycles. The highest BCUT2D eigenvalue weighted by Gasteiger charge is 2.14. The van der Waals surface area contributed by atoms with E-state index >= 15 is 0 Å². The first-order chi connectivity index (χ1) is 10.2. The molecule has 108 valence electrons. The Hall–Kier alpha value is -2.82. The van der Waals surface area contributed by atoms with Crippen molar-refractivity contribution in [3.63, 3.8) is 0 Å². The summed E-state index contributed by atoms with van der Waals surface area (Å²) in [6.07, 6.45) is 0.117. The molecule has 2 aromatic carbocycles. The lowest BCUT2D eigenvalue weighted by atomic mass is 10.1. The van der Waals surface area contributed by atoms with Crippen LogP contribution in [-0.4, -0.2) is 23.9 Å². The van der Waals surface area contributed by atoms with Gasteiger partial charge in [0.1, 0.15) is 18.6 Å². The second-order valence-corrected chi connectivity index (χ2v) is 4.23. The van der Waals surface area contributed by atoms with Gasteiger partial charge < -0.3 is 14.7 Å². The zero-order valence-corrected chi connectivity index (χ0v) is 11.5. The van der Waals surface area contributed by atoms with Crippen LogP contribution in [0.3, 0.4) is 0 Å². The number of hydrogen-bond acceptors (Lipinski definition) is 4. The topological polar surface area (TPSA) is 68.1 Å². The Balaban J connectivity index is 2.24. The predicted molar refractivity (Wildman–Crippen MR) is 78.7 cm³/mol. The molecular weight excluding hydrogens is 270 g/mol. The zero-order valence-electron chi connectivity index (χ0n) is 11.5. The van der Waals surface area contributed by atoms with E-state index in [2.05, 4.69) is 9.99 Å². The molecule has 0 bridgehead atoms. The lowest BCUT2D eigenvalue weighted by Crippen LogP contribution is -2.16. The summed E-state index contributed by atoms with van der Waals surface area (Å²) in [5, 5.41) is 12.6. The Labute approximate surface area is 122 Å². The van der Waals surface area contributed by atoms with Crippen LogP contribution in [0.25, 0.3) is 0 Å². The molecule has 0 aliphatic heterocycles. The van der Waals surface area contributed by atoms with Crippen LogP contribution in [0.15, 0.2) is 59.8 Å². The van der Waals surface area contributed by atoms with Gasteiger partial charge in [-0.1, -0.05) is 41.6 Å². The highest BCUT2D eigenvalue weighted by Crippen LogP contribution is 2.25. The van der Waals surface area contributed by atoms with Crippen molar-refractivity contribution in [2.24, 2.45) is 5.16 Å². The van der Waals surface area contributed by atoms with E-state index < -0.39 is 5.97 Å². The fourth-order valence-corrected chi connectivity index (χ4v) is 1.80. The lowest BCUT2D eigenvalue weighted by Gasteiger charge is -2.10. The number of carbonyl (C=O) groups is 1. The molecule has 1 N–H and O–H groups in total. The number of para-hydroxylation sites is 2. The maximum Gasteiger partial charge on any atom is 0.354 e. The fraction of sp³-hybridized carbons (Fsp3) is 0.125. The maximum absolute atomic E-state index is 11.1. The summed E-state index contributed by atoms with van der Waals surface area (Å²) in [5.74, 6) is 0.158. The minimum Gasteiger partial charge on any atom is -0.477 e. The average Bonchev–Trinajstić information content (AvgIpc) is 2.49. The third kappa shape index (κ3) is 4.07. The number of hydrogen-bond donors (Lipinski definition) is 1. The molecule has 0 aliphatic carbocycles. The summed E-state index contributed by atoms with van der Waals surface area (Å²) in [6.45, 7) is 0. The monoisotopic (exact) mass is 285 g/mol. The van der Waals surface area contributed by atoms with E-state index in [0.717, 1.165) is 5.56 Å². The quantitative estimate of drug-likeness (QED) is 0.654. The fourth-order valence-electron chi connectivity index (χ4n) is 1.80. The molecule has 0 radical (unpaired) electrons. The van der Waals surface area contributed by atoms with E-state index in [0.29, 0.717) is 11.5 Å². The number of aliphatic carboxylic acids is 1. The van der Waals surface area contributed by atoms with Crippen LogP contribution >= 0.6 is 0 Å². The molecule has 0 spiro atoms. The Bertz CT molecular complexity index is 638. The Morgan fingerprint density at radius 1 is 1.10 bits per heavy atom. The van der Waals surface area contributed by atoms with Crippen LogP contribution in [-0.2, 0) is 16.1 Å². The van der Waals surface area contributed by atoms with Gasteiger partial charge in [-0.05, 0) is 18.2 Å². The molecule has 0 fully saturated rings. The van der Waals surface area contributed by atoms with E-state index in [-0.39, 0.29) is 12.1 Å². The Morgan fingerprint density at radius 2 is 1.76 bits per heavy atom. The molecule has 0 atom stereocenters. The number of nitrogens with zero attached hydrogens (tertiary/aromatic N) is 1. The molecule has 0 aliphatic rings. The van der Waals surface area contributed by atoms with E-state index in [1.807, 2.05) is 42.5 Å². The van der Waals surface area contributed by atoms with E-state index in [4.69, 9.17) is 9.84 Å².